The Morgan fingerprint density at radius 3 is 2.82 bits per heavy atom. The number of nitrogens with one attached hydrogen (secondary N) is 2. The smallest absolute Gasteiger partial charge is 0.188 e. The van der Waals surface area contributed by atoms with Crippen molar-refractivity contribution < 1.29 is 8.78 Å². The van der Waals surface area contributed by atoms with Crippen molar-refractivity contribution in [3.8, 4) is 0 Å². The fraction of sp³-hybridized carbons (Fsp3) is 0.300. The molecular formula is C10H11F2N5. The first-order valence-electron chi connectivity index (χ1n) is 5.07. The van der Waals surface area contributed by atoms with Gasteiger partial charge in [-0.25, -0.2) is 8.78 Å². The van der Waals surface area contributed by atoms with Gasteiger partial charge in [-0.15, -0.1) is 10.2 Å². The maximum Gasteiger partial charge on any atom is 0.188 e. The minimum atomic E-state index is -0.851. The standard InChI is InChI=1S/C10H11F2N5/c1-6(13-5-10-14-16-17-15-10)7-2-3-8(11)9(12)4-7/h2-4,6,13H,5H2,1H3,(H,14,15,16,17). The van der Waals surface area contributed by atoms with Crippen molar-refractivity contribution in [3.05, 3.63) is 41.2 Å². The van der Waals surface area contributed by atoms with Gasteiger partial charge in [-0.05, 0) is 24.6 Å². The third-order valence-electron chi connectivity index (χ3n) is 2.40. The summed E-state index contributed by atoms with van der Waals surface area (Å²) in [7, 11) is 0. The highest BCUT2D eigenvalue weighted by Gasteiger charge is 2.09. The molecule has 0 aliphatic heterocycles. The molecule has 0 aliphatic rings. The van der Waals surface area contributed by atoms with E-state index in [0.717, 1.165) is 6.07 Å². The lowest BCUT2D eigenvalue weighted by atomic mass is 10.1. The predicted molar refractivity (Wildman–Crippen MR) is 55.8 cm³/mol. The molecule has 1 aromatic heterocycles. The van der Waals surface area contributed by atoms with Gasteiger partial charge in [0.05, 0.1) is 6.54 Å². The molecule has 0 fully saturated rings. The van der Waals surface area contributed by atoms with Crippen molar-refractivity contribution in [2.45, 2.75) is 19.5 Å². The molecule has 2 aromatic rings. The quantitative estimate of drug-likeness (QED) is 0.844. The molecule has 90 valence electrons. The molecule has 1 unspecified atom stereocenters. The fourth-order valence-electron chi connectivity index (χ4n) is 1.40. The number of aromatic nitrogens is 4. The summed E-state index contributed by atoms with van der Waals surface area (Å²) in [4.78, 5) is 0. The lowest BCUT2D eigenvalue weighted by Gasteiger charge is -2.12. The van der Waals surface area contributed by atoms with Gasteiger partial charge in [0, 0.05) is 6.04 Å². The highest BCUT2D eigenvalue weighted by molar-refractivity contribution is 5.20. The molecule has 0 spiro atoms. The molecule has 5 nitrogen and oxygen atoms in total. The van der Waals surface area contributed by atoms with Crippen molar-refractivity contribution in [3.63, 3.8) is 0 Å². The van der Waals surface area contributed by atoms with Crippen molar-refractivity contribution in [1.29, 1.82) is 0 Å². The molecule has 2 rings (SSSR count). The minimum absolute atomic E-state index is 0.136. The Kier molecular flexibility index (Phi) is 3.38. The van der Waals surface area contributed by atoms with Crippen molar-refractivity contribution in [2.75, 3.05) is 0 Å². The molecule has 0 saturated heterocycles. The molecule has 0 saturated carbocycles. The van der Waals surface area contributed by atoms with Crippen molar-refractivity contribution >= 4 is 0 Å². The van der Waals surface area contributed by atoms with E-state index in [9.17, 15) is 8.78 Å². The molecule has 0 bridgehead atoms. The summed E-state index contributed by atoms with van der Waals surface area (Å²) >= 11 is 0. The maximum atomic E-state index is 13.0. The van der Waals surface area contributed by atoms with Crippen LogP contribution in [0.3, 0.4) is 0 Å². The normalized spacial score (nSPS) is 12.6. The summed E-state index contributed by atoms with van der Waals surface area (Å²) in [6.45, 7) is 2.24. The number of hydrogen-bond acceptors (Lipinski definition) is 4. The number of aromatic amines is 1. The monoisotopic (exact) mass is 239 g/mol. The van der Waals surface area contributed by atoms with Crippen LogP contribution in [0.2, 0.25) is 0 Å². The molecule has 0 amide bonds. The lowest BCUT2D eigenvalue weighted by molar-refractivity contribution is 0.499. The number of nitrogens with zero attached hydrogens (tertiary/aromatic N) is 3. The van der Waals surface area contributed by atoms with Crippen molar-refractivity contribution in [2.24, 2.45) is 0 Å². The van der Waals surface area contributed by atoms with E-state index >= 15 is 0 Å². The second-order valence-corrected chi connectivity index (χ2v) is 3.60. The van der Waals surface area contributed by atoms with Crippen LogP contribution in [0.15, 0.2) is 18.2 Å². The number of halogens is 2. The summed E-state index contributed by atoms with van der Waals surface area (Å²) in [5.74, 6) is -1.19. The Labute approximate surface area is 96.2 Å². The number of hydrogen-bond donors (Lipinski definition) is 2. The molecule has 0 radical (unpaired) electrons. The van der Waals surface area contributed by atoms with Gasteiger partial charge in [-0.1, -0.05) is 11.3 Å². The second-order valence-electron chi connectivity index (χ2n) is 3.60. The van der Waals surface area contributed by atoms with Crippen LogP contribution >= 0.6 is 0 Å². The zero-order chi connectivity index (χ0) is 12.3. The van der Waals surface area contributed by atoms with Crippen LogP contribution in [-0.2, 0) is 6.54 Å². The zero-order valence-electron chi connectivity index (χ0n) is 9.11. The Bertz CT molecular complexity index is 485. The molecule has 2 N–H and O–H groups in total. The van der Waals surface area contributed by atoms with Crippen LogP contribution in [0.25, 0.3) is 0 Å². The number of rotatable bonds is 4. The number of benzene rings is 1. The van der Waals surface area contributed by atoms with Gasteiger partial charge in [0.25, 0.3) is 0 Å². The van der Waals surface area contributed by atoms with Gasteiger partial charge in [0.1, 0.15) is 0 Å². The van der Waals surface area contributed by atoms with Gasteiger partial charge in [0.15, 0.2) is 17.5 Å². The van der Waals surface area contributed by atoms with Gasteiger partial charge in [-0.2, -0.15) is 5.21 Å². The van der Waals surface area contributed by atoms with E-state index in [0.29, 0.717) is 17.9 Å². The van der Waals surface area contributed by atoms with Crippen LogP contribution in [-0.4, -0.2) is 20.6 Å². The molecule has 1 atom stereocenters. The average molecular weight is 239 g/mol. The van der Waals surface area contributed by atoms with E-state index in [1.165, 1.54) is 12.1 Å². The number of tetrazole rings is 1. The van der Waals surface area contributed by atoms with Gasteiger partial charge in [-0.3, -0.25) is 0 Å². The van der Waals surface area contributed by atoms with E-state index in [1.807, 2.05) is 6.92 Å². The Balaban J connectivity index is 1.99. The highest BCUT2D eigenvalue weighted by atomic mass is 19.2. The molecule has 1 heterocycles. The second kappa shape index (κ2) is 4.96. The fourth-order valence-corrected chi connectivity index (χ4v) is 1.40. The molecular weight excluding hydrogens is 228 g/mol. The summed E-state index contributed by atoms with van der Waals surface area (Å²) in [5, 5.41) is 16.4. The Morgan fingerprint density at radius 2 is 2.18 bits per heavy atom. The molecule has 0 aliphatic carbocycles. The SMILES string of the molecule is CC(NCc1nn[nH]n1)c1ccc(F)c(F)c1. The molecule has 7 heteroatoms. The van der Waals surface area contributed by atoms with E-state index in [1.54, 1.807) is 0 Å². The van der Waals surface area contributed by atoms with Crippen LogP contribution in [0.5, 0.6) is 0 Å². The van der Waals surface area contributed by atoms with Crippen LogP contribution in [0.1, 0.15) is 24.4 Å². The minimum Gasteiger partial charge on any atom is -0.303 e. The van der Waals surface area contributed by atoms with Gasteiger partial charge < -0.3 is 5.32 Å². The van der Waals surface area contributed by atoms with E-state index in [2.05, 4.69) is 25.9 Å². The third-order valence-corrected chi connectivity index (χ3v) is 2.40. The van der Waals surface area contributed by atoms with E-state index < -0.39 is 11.6 Å². The lowest BCUT2D eigenvalue weighted by Crippen LogP contribution is -2.19. The first-order valence-corrected chi connectivity index (χ1v) is 5.07. The number of H-pyrrole nitrogens is 1. The van der Waals surface area contributed by atoms with Gasteiger partial charge >= 0.3 is 0 Å². The molecule has 1 aromatic carbocycles. The third kappa shape index (κ3) is 2.82. The zero-order valence-corrected chi connectivity index (χ0v) is 9.11. The average Bonchev–Trinajstić information content (AvgIpc) is 2.82. The van der Waals surface area contributed by atoms with Crippen molar-refractivity contribution in [1.82, 2.24) is 25.9 Å². The van der Waals surface area contributed by atoms with Gasteiger partial charge in [0.2, 0.25) is 0 Å². The Hall–Kier alpha value is -1.89. The Morgan fingerprint density at radius 1 is 1.35 bits per heavy atom. The largest absolute Gasteiger partial charge is 0.303 e. The van der Waals surface area contributed by atoms with E-state index in [4.69, 9.17) is 0 Å². The molecule has 17 heavy (non-hydrogen) atoms. The van der Waals surface area contributed by atoms with Crippen LogP contribution in [0.4, 0.5) is 8.78 Å². The highest BCUT2D eigenvalue weighted by Crippen LogP contribution is 2.15. The van der Waals surface area contributed by atoms with E-state index in [-0.39, 0.29) is 6.04 Å². The summed E-state index contributed by atoms with van der Waals surface area (Å²) in [5.41, 5.74) is 0.660. The van der Waals surface area contributed by atoms with Crippen LogP contribution in [0, 0.1) is 11.6 Å². The van der Waals surface area contributed by atoms with Crippen LogP contribution < -0.4 is 5.32 Å². The summed E-state index contributed by atoms with van der Waals surface area (Å²) < 4.78 is 25.8. The first-order chi connectivity index (χ1) is 8.16. The topological polar surface area (TPSA) is 66.5 Å². The first kappa shape index (κ1) is 11.6. The predicted octanol–water partition coefficient (Wildman–Crippen LogP) is 1.33. The summed E-state index contributed by atoms with van der Waals surface area (Å²) in [6.07, 6.45) is 0. The maximum absolute atomic E-state index is 13.0. The summed E-state index contributed by atoms with van der Waals surface area (Å²) in [6, 6.07) is 3.68.